The highest BCUT2D eigenvalue weighted by Gasteiger charge is 2.41. The van der Waals surface area contributed by atoms with Crippen LogP contribution >= 0.6 is 11.6 Å². The molecule has 2 unspecified atom stereocenters. The van der Waals surface area contributed by atoms with E-state index in [0.29, 0.717) is 22.9 Å². The van der Waals surface area contributed by atoms with Crippen LogP contribution in [0.4, 0.5) is 0 Å². The number of hydrogen-bond acceptors (Lipinski definition) is 4. The lowest BCUT2D eigenvalue weighted by Crippen LogP contribution is -2.58. The van der Waals surface area contributed by atoms with Gasteiger partial charge in [-0.05, 0) is 57.0 Å². The molecule has 5 rings (SSSR count). The number of rotatable bonds is 3. The van der Waals surface area contributed by atoms with Gasteiger partial charge in [0, 0.05) is 22.7 Å². The molecular formula is C18H20ClN3O. The van der Waals surface area contributed by atoms with Gasteiger partial charge < -0.3 is 4.74 Å². The minimum atomic E-state index is 0.226. The predicted octanol–water partition coefficient (Wildman–Crippen LogP) is 3.66. The van der Waals surface area contributed by atoms with Crippen molar-refractivity contribution in [1.82, 2.24) is 15.1 Å². The zero-order valence-electron chi connectivity index (χ0n) is 13.2. The number of halogens is 1. The van der Waals surface area contributed by atoms with Crippen molar-refractivity contribution in [3.05, 3.63) is 41.4 Å². The number of aromatic nitrogens is 2. The normalized spacial score (nSPS) is 29.5. The second-order valence-electron chi connectivity index (χ2n) is 6.46. The first-order chi connectivity index (χ1) is 11.2. The Bertz CT molecular complexity index is 681. The summed E-state index contributed by atoms with van der Waals surface area (Å²) in [4.78, 5) is 2.51. The molecule has 2 bridgehead atoms. The topological polar surface area (TPSA) is 38.3 Å². The van der Waals surface area contributed by atoms with Crippen LogP contribution in [0.15, 0.2) is 36.4 Å². The first-order valence-corrected chi connectivity index (χ1v) is 8.59. The molecule has 0 N–H and O–H groups in total. The highest BCUT2D eigenvalue weighted by Crippen LogP contribution is 2.34. The molecule has 4 heterocycles. The van der Waals surface area contributed by atoms with Crippen LogP contribution in [0.5, 0.6) is 5.88 Å². The average Bonchev–Trinajstić information content (AvgIpc) is 2.59. The number of ether oxygens (including phenoxy) is 1. The van der Waals surface area contributed by atoms with E-state index in [1.165, 1.54) is 25.9 Å². The highest BCUT2D eigenvalue weighted by molar-refractivity contribution is 6.30. The molecule has 0 aliphatic carbocycles. The molecule has 0 spiro atoms. The Morgan fingerprint density at radius 2 is 1.96 bits per heavy atom. The van der Waals surface area contributed by atoms with Gasteiger partial charge in [0.05, 0.1) is 5.69 Å². The molecule has 4 nitrogen and oxygen atoms in total. The third-order valence-electron chi connectivity index (χ3n) is 5.11. The Kier molecular flexibility index (Phi) is 3.95. The monoisotopic (exact) mass is 329 g/mol. The third-order valence-corrected chi connectivity index (χ3v) is 5.34. The molecule has 0 saturated carbocycles. The summed E-state index contributed by atoms with van der Waals surface area (Å²) in [5.74, 6) is 1.26. The maximum absolute atomic E-state index is 6.17. The van der Waals surface area contributed by atoms with Crippen molar-refractivity contribution >= 4 is 11.6 Å². The Morgan fingerprint density at radius 3 is 2.61 bits per heavy atom. The number of hydrogen-bond donors (Lipinski definition) is 0. The summed E-state index contributed by atoms with van der Waals surface area (Å²) >= 11 is 6.03. The van der Waals surface area contributed by atoms with E-state index in [2.05, 4.69) is 22.0 Å². The molecule has 2 atom stereocenters. The Labute approximate surface area is 141 Å². The van der Waals surface area contributed by atoms with E-state index in [9.17, 15) is 0 Å². The van der Waals surface area contributed by atoms with Crippen molar-refractivity contribution in [2.45, 2.75) is 31.9 Å². The molecule has 120 valence electrons. The van der Waals surface area contributed by atoms with Crippen molar-refractivity contribution < 1.29 is 4.74 Å². The summed E-state index contributed by atoms with van der Waals surface area (Å²) in [6, 6.07) is 11.9. The van der Waals surface area contributed by atoms with Gasteiger partial charge in [0.15, 0.2) is 0 Å². The largest absolute Gasteiger partial charge is 0.471 e. The molecule has 3 aliphatic heterocycles. The number of benzene rings is 1. The number of nitrogens with zero attached hydrogens (tertiary/aromatic N) is 3. The van der Waals surface area contributed by atoms with Crippen molar-refractivity contribution in [2.24, 2.45) is 5.92 Å². The lowest BCUT2D eigenvalue weighted by atomic mass is 9.81. The zero-order valence-corrected chi connectivity index (χ0v) is 13.9. The van der Waals surface area contributed by atoms with Crippen molar-refractivity contribution in [2.75, 3.05) is 13.1 Å². The fraction of sp³-hybridized carbons (Fsp3) is 0.444. The quantitative estimate of drug-likeness (QED) is 0.861. The molecule has 0 radical (unpaired) electrons. The summed E-state index contributed by atoms with van der Waals surface area (Å²) in [5.41, 5.74) is 1.77. The molecular weight excluding hydrogens is 310 g/mol. The third kappa shape index (κ3) is 2.93. The molecule has 23 heavy (non-hydrogen) atoms. The zero-order chi connectivity index (χ0) is 15.8. The van der Waals surface area contributed by atoms with Crippen LogP contribution in [-0.2, 0) is 0 Å². The Morgan fingerprint density at radius 1 is 1.13 bits per heavy atom. The van der Waals surface area contributed by atoms with Gasteiger partial charge in [-0.2, -0.15) is 0 Å². The van der Waals surface area contributed by atoms with Gasteiger partial charge in [-0.25, -0.2) is 0 Å². The maximum atomic E-state index is 6.17. The van der Waals surface area contributed by atoms with Crippen LogP contribution in [-0.4, -0.2) is 40.3 Å². The van der Waals surface area contributed by atoms with Crippen LogP contribution in [0.25, 0.3) is 11.3 Å². The van der Waals surface area contributed by atoms with Gasteiger partial charge in [0.2, 0.25) is 5.88 Å². The molecule has 1 aromatic heterocycles. The van der Waals surface area contributed by atoms with Crippen molar-refractivity contribution in [1.29, 1.82) is 0 Å². The highest BCUT2D eigenvalue weighted by atomic mass is 35.5. The maximum Gasteiger partial charge on any atom is 0.233 e. The molecule has 1 aromatic carbocycles. The minimum Gasteiger partial charge on any atom is -0.471 e. The molecule has 5 heteroatoms. The SMILES string of the molecule is CC1C(Oc2ccc(-c3cccc(Cl)c3)nn2)C2CCN1CC2. The lowest BCUT2D eigenvalue weighted by molar-refractivity contribution is -0.0528. The summed E-state index contributed by atoms with van der Waals surface area (Å²) < 4.78 is 6.17. The van der Waals surface area contributed by atoms with Crippen LogP contribution in [0.3, 0.4) is 0 Å². The van der Waals surface area contributed by atoms with Gasteiger partial charge in [-0.1, -0.05) is 23.7 Å². The first kappa shape index (κ1) is 14.9. The fourth-order valence-electron chi connectivity index (χ4n) is 3.78. The molecule has 0 amide bonds. The van der Waals surface area contributed by atoms with E-state index < -0.39 is 0 Å². The van der Waals surface area contributed by atoms with Gasteiger partial charge in [-0.15, -0.1) is 10.2 Å². The smallest absolute Gasteiger partial charge is 0.233 e. The first-order valence-electron chi connectivity index (χ1n) is 8.21. The minimum absolute atomic E-state index is 0.226. The average molecular weight is 330 g/mol. The van der Waals surface area contributed by atoms with E-state index in [-0.39, 0.29) is 6.10 Å². The van der Waals surface area contributed by atoms with E-state index >= 15 is 0 Å². The van der Waals surface area contributed by atoms with Gasteiger partial charge in [-0.3, -0.25) is 4.90 Å². The van der Waals surface area contributed by atoms with E-state index in [1.807, 2.05) is 36.4 Å². The van der Waals surface area contributed by atoms with Crippen LogP contribution in [0, 0.1) is 5.92 Å². The van der Waals surface area contributed by atoms with Crippen LogP contribution in [0.2, 0.25) is 5.02 Å². The van der Waals surface area contributed by atoms with Crippen molar-refractivity contribution in [3.63, 3.8) is 0 Å². The summed E-state index contributed by atoms with van der Waals surface area (Å²) in [5, 5.41) is 9.26. The van der Waals surface area contributed by atoms with E-state index in [0.717, 1.165) is 11.3 Å². The summed E-state index contributed by atoms with van der Waals surface area (Å²) in [7, 11) is 0. The molecule has 2 aromatic rings. The molecule has 3 saturated heterocycles. The summed E-state index contributed by atoms with van der Waals surface area (Å²) in [6.07, 6.45) is 2.68. The second kappa shape index (κ2) is 6.10. The standard InChI is InChI=1S/C18H20ClN3O/c1-12-18(13-7-9-22(12)10-8-13)23-17-6-5-16(20-21-17)14-3-2-4-15(19)11-14/h2-6,11-13,18H,7-10H2,1H3. The Hall–Kier alpha value is -1.65. The lowest BCUT2D eigenvalue weighted by Gasteiger charge is -2.48. The second-order valence-corrected chi connectivity index (χ2v) is 6.90. The fourth-order valence-corrected chi connectivity index (χ4v) is 3.97. The molecule has 3 fully saturated rings. The van der Waals surface area contributed by atoms with Gasteiger partial charge >= 0.3 is 0 Å². The van der Waals surface area contributed by atoms with Crippen LogP contribution in [0.1, 0.15) is 19.8 Å². The number of fused-ring (bicyclic) bond motifs is 3. The Balaban J connectivity index is 1.50. The van der Waals surface area contributed by atoms with E-state index in [1.54, 1.807) is 0 Å². The number of piperidine rings is 3. The van der Waals surface area contributed by atoms with Crippen LogP contribution < -0.4 is 4.74 Å². The summed E-state index contributed by atoms with van der Waals surface area (Å²) in [6.45, 7) is 4.65. The predicted molar refractivity (Wildman–Crippen MR) is 90.7 cm³/mol. The van der Waals surface area contributed by atoms with E-state index in [4.69, 9.17) is 16.3 Å². The van der Waals surface area contributed by atoms with Gasteiger partial charge in [0.1, 0.15) is 6.10 Å². The van der Waals surface area contributed by atoms with Crippen molar-refractivity contribution in [3.8, 4) is 17.1 Å². The van der Waals surface area contributed by atoms with Gasteiger partial charge in [0.25, 0.3) is 0 Å². The molecule has 3 aliphatic rings.